The summed E-state index contributed by atoms with van der Waals surface area (Å²) in [5.41, 5.74) is 10.1. The van der Waals surface area contributed by atoms with Gasteiger partial charge in [0.25, 0.3) is 31.0 Å². The van der Waals surface area contributed by atoms with Gasteiger partial charge in [0.1, 0.15) is 65.3 Å². The monoisotopic (exact) mass is 2370 g/mol. The number of fused-ring (bicyclic) bond motifs is 4. The van der Waals surface area contributed by atoms with Gasteiger partial charge in [0.15, 0.2) is 12.1 Å². The molecule has 4 bridgehead atoms. The molecule has 4 aliphatic rings. The number of amides is 2. The Balaban J connectivity index is 0.000000206. The number of carbonyl (C=O) groups is 2. The number of carbonyl (C=O) groups excluding carboxylic acids is 2. The quantitative estimate of drug-likeness (QED) is 0.00999. The Morgan fingerprint density at radius 3 is 0.930 bits per heavy atom. The maximum absolute atomic E-state index is 16.1. The van der Waals surface area contributed by atoms with Gasteiger partial charge in [-0.05, 0) is 291 Å². The molecule has 6 N–H and O–H groups in total. The molecule has 143 heavy (non-hydrogen) atoms. The molecule has 24 nitrogen and oxygen atoms in total. The SMILES string of the molecule is CC1CC2CCC(C1)N2C(=O)C(NS(=O)(=O)c1ccc(OCc2ccc(Cl)cc2)cc1)C(F)(F)c1ccc(Br)cc1.Clc1ccc(CBr)cc1.NC1CC2CCC(C1)N2C(=O)C(NS(=O)(=O)c1ccc(OCc2ccc(Cl)cc2)cc1)C(F)(F)c1ccc(Br)cc1.O=S(=O)(Cl)c1ccc(OCc2ccc(Cl)cc2)cc1.O=S(=O)(O)c1ccc(O)cc1.O=S(=O)([O-])c1ccc(OCc2ccc(Cl)cc2)cc1.[B][B].[Na+]. The van der Waals surface area contributed by atoms with Gasteiger partial charge in [-0.1, -0.05) is 198 Å². The molecule has 6 unspecified atom stereocenters. The van der Waals surface area contributed by atoms with Crippen LogP contribution in [0.2, 0.25) is 25.1 Å². The number of sulfonamides is 2. The Hall–Kier alpha value is -7.84. The number of nitrogens with one attached hydrogen (secondary N) is 2. The first-order chi connectivity index (χ1) is 67.1. The summed E-state index contributed by atoms with van der Waals surface area (Å²) in [7, 11) is -8.07. The van der Waals surface area contributed by atoms with E-state index in [2.05, 4.69) is 79.6 Å². The first-order valence-electron chi connectivity index (χ1n) is 43.0. The summed E-state index contributed by atoms with van der Waals surface area (Å²) in [5.74, 6) is -7.34. The molecule has 2 amide bonds. The maximum atomic E-state index is 16.1. The minimum atomic E-state index is -4.54. The van der Waals surface area contributed by atoms with Gasteiger partial charge in [0.2, 0.25) is 31.9 Å². The van der Waals surface area contributed by atoms with Crippen molar-refractivity contribution in [1.82, 2.24) is 19.2 Å². The van der Waals surface area contributed by atoms with Crippen molar-refractivity contribution in [2.75, 3.05) is 0 Å². The molecule has 4 fully saturated rings. The van der Waals surface area contributed by atoms with Gasteiger partial charge in [-0.3, -0.25) is 14.1 Å². The molecule has 4 saturated heterocycles. The van der Waals surface area contributed by atoms with E-state index in [9.17, 15) is 56.2 Å². The molecule has 16 rings (SSSR count). The van der Waals surface area contributed by atoms with Crippen LogP contribution in [0.5, 0.6) is 28.7 Å². The maximum Gasteiger partial charge on any atom is 1.00 e. The van der Waals surface area contributed by atoms with Gasteiger partial charge >= 0.3 is 29.6 Å². The zero-order valence-corrected chi connectivity index (χ0v) is 91.3. The van der Waals surface area contributed by atoms with E-state index in [0.717, 1.165) is 57.6 Å². The Labute approximate surface area is 908 Å². The molecular formula is C98H91B2Br3Cl6F4N5NaO19S5. The van der Waals surface area contributed by atoms with Gasteiger partial charge in [0, 0.05) is 107 Å². The van der Waals surface area contributed by atoms with Gasteiger partial charge < -0.3 is 44.1 Å². The Morgan fingerprint density at radius 1 is 0.420 bits per heavy atom. The van der Waals surface area contributed by atoms with Gasteiger partial charge in [-0.2, -0.15) is 35.4 Å². The number of ether oxygens (including phenoxy) is 4. The molecule has 0 saturated carbocycles. The van der Waals surface area contributed by atoms with E-state index in [0.29, 0.717) is 110 Å². The summed E-state index contributed by atoms with van der Waals surface area (Å²) in [6.07, 6.45) is 5.14. The number of nitrogens with zero attached hydrogens (tertiary/aromatic N) is 2. The molecule has 0 spiro atoms. The third kappa shape index (κ3) is 35.7. The van der Waals surface area contributed by atoms with Crippen molar-refractivity contribution in [2.24, 2.45) is 11.7 Å². The van der Waals surface area contributed by atoms with Crippen molar-refractivity contribution in [3.8, 4) is 28.7 Å². The largest absolute Gasteiger partial charge is 1.00 e. The van der Waals surface area contributed by atoms with Crippen molar-refractivity contribution < 1.29 is 132 Å². The average molecular weight is 2380 g/mol. The number of nitrogens with two attached hydrogens (primary N) is 1. The van der Waals surface area contributed by atoms with E-state index in [-0.39, 0.29) is 103 Å². The van der Waals surface area contributed by atoms with Crippen molar-refractivity contribution in [3.63, 3.8) is 0 Å². The van der Waals surface area contributed by atoms with E-state index < -0.39 is 96.2 Å². The summed E-state index contributed by atoms with van der Waals surface area (Å²) in [5, 5.41) is 12.9. The van der Waals surface area contributed by atoms with E-state index in [1.165, 1.54) is 161 Å². The van der Waals surface area contributed by atoms with Crippen LogP contribution in [0.15, 0.2) is 325 Å². The molecule has 4 heterocycles. The number of halogens is 13. The van der Waals surface area contributed by atoms with Gasteiger partial charge in [-0.15, -0.1) is 0 Å². The molecular weight excluding hydrogens is 2280 g/mol. The van der Waals surface area contributed by atoms with Crippen LogP contribution < -0.4 is 63.7 Å². The predicted molar refractivity (Wildman–Crippen MR) is 551 cm³/mol. The smallest absolute Gasteiger partial charge is 0.744 e. The second-order valence-corrected chi connectivity index (χ2v) is 46.0. The first kappa shape index (κ1) is 119. The predicted octanol–water partition coefficient (Wildman–Crippen LogP) is 19.3. The number of alkyl halides is 5. The van der Waals surface area contributed by atoms with Crippen molar-refractivity contribution >= 4 is 193 Å². The van der Waals surface area contributed by atoms with E-state index in [4.69, 9.17) is 103 Å². The van der Waals surface area contributed by atoms with Crippen LogP contribution in [-0.2, 0) is 103 Å². The Kier molecular flexibility index (Phi) is 45.1. The van der Waals surface area contributed by atoms with Crippen LogP contribution in [0.3, 0.4) is 0 Å². The summed E-state index contributed by atoms with van der Waals surface area (Å²) in [6, 6.07) is 67.7. The van der Waals surface area contributed by atoms with Crippen LogP contribution in [0, 0.1) is 5.92 Å². The number of hydrogen-bond donors (Lipinski definition) is 5. The number of phenolic OH excluding ortho intramolecular Hbond substituents is 1. The number of phenols is 1. The Morgan fingerprint density at radius 2 is 0.671 bits per heavy atom. The van der Waals surface area contributed by atoms with Crippen LogP contribution in [-0.4, -0.2) is 136 Å². The van der Waals surface area contributed by atoms with Crippen LogP contribution in [0.25, 0.3) is 0 Å². The second-order valence-electron chi connectivity index (χ2n) is 32.6. The number of piperidine rings is 2. The van der Waals surface area contributed by atoms with E-state index in [1.54, 1.807) is 72.8 Å². The fourth-order valence-electron chi connectivity index (χ4n) is 15.4. The minimum absolute atomic E-state index is 0. The Bertz CT molecular complexity index is 6410. The topological polar surface area (TPSA) is 362 Å². The molecule has 45 heteroatoms. The summed E-state index contributed by atoms with van der Waals surface area (Å²) < 4.78 is 229. The van der Waals surface area contributed by atoms with Crippen LogP contribution in [0.1, 0.15) is 97.2 Å². The molecule has 0 aromatic heterocycles. The molecule has 4 radical (unpaired) electrons. The summed E-state index contributed by atoms with van der Waals surface area (Å²) >= 11 is 38.8. The van der Waals surface area contributed by atoms with Crippen LogP contribution in [0.4, 0.5) is 17.6 Å². The third-order valence-electron chi connectivity index (χ3n) is 22.4. The van der Waals surface area contributed by atoms with Crippen LogP contribution >= 0.6 is 116 Å². The summed E-state index contributed by atoms with van der Waals surface area (Å²) in [4.78, 5) is 29.6. The van der Waals surface area contributed by atoms with Crippen molar-refractivity contribution in [3.05, 3.63) is 364 Å². The number of benzene rings is 12. The number of rotatable bonds is 28. The molecule has 0 aliphatic carbocycles. The van der Waals surface area contributed by atoms with Gasteiger partial charge in [-0.25, -0.2) is 33.7 Å². The fourth-order valence-corrected chi connectivity index (χ4v) is 21.0. The normalized spacial score (nSPS) is 16.8. The molecule has 4 aliphatic heterocycles. The fraction of sp³-hybridized carbons (Fsp3) is 0.245. The van der Waals surface area contributed by atoms with E-state index in [1.807, 2.05) is 60.7 Å². The molecule has 6 atom stereocenters. The zero-order valence-electron chi connectivity index (χ0n) is 75.9. The number of aromatic hydroxyl groups is 1. The molecule has 12 aromatic carbocycles. The first-order valence-corrected chi connectivity index (χ1v) is 55.7. The third-order valence-corrected chi connectivity index (χ3v) is 31.4. The number of hydrogen-bond acceptors (Lipinski definition) is 19. The second kappa shape index (κ2) is 54.4. The standard InChI is InChI=1S/C30H30BrClF2N2O4S.C29H29BrClF2N3O4S.C13H10Cl2O3S.C13H11ClO4S.C7H6BrCl.C6H6O4S.B2.Na/c1-19-16-24-10-11-25(17-19)36(24)29(37)28(30(33,34)21-4-6-22(31)7-5-21)35-41(38,39)27-14-12-26(13-15-27)40-18-20-2-8-23(32)9-3-20;30-20-5-3-19(4-6-20)29(32,33)27(28(37)36-23-9-10-24(36)16-22(34)15-23)35-41(38,39)26-13-11-25(12-14-26)40-17-18-1-7-21(31)8-2-18;2*14-11-3-1-10(2-4-11)9-18-12-5-7-13(8-6-12)19(15,16)17;8-5-6-1-3-7(9)4-2-6;7-5-1-3-6(4-2-5)11(8,9)10;1-2;/h2-9,12-15,19,24-25,28,35H,10-11,16-18H2,1H3;1-8,11-14,22-24,27,35H,9-10,15-17,34H2;1-8H,9H2;1-8H,9H2,(H,15,16,17);1-4H,5H2;1-4,7H,(H,8,9,10);;/q;;;;;;;+1/p-1. The van der Waals surface area contributed by atoms with Gasteiger partial charge in [0.05, 0.1) is 24.5 Å². The molecule has 12 aromatic rings. The average Bonchev–Trinajstić information content (AvgIpc) is 1.62. The van der Waals surface area contributed by atoms with Crippen molar-refractivity contribution in [1.29, 1.82) is 0 Å². The molecule has 750 valence electrons. The zero-order chi connectivity index (χ0) is 104. The van der Waals surface area contributed by atoms with E-state index >= 15 is 17.6 Å². The van der Waals surface area contributed by atoms with Crippen molar-refractivity contribution in [2.45, 2.75) is 169 Å². The summed E-state index contributed by atoms with van der Waals surface area (Å²) in [6.45, 7) is 3.25. The minimum Gasteiger partial charge on any atom is -0.744 e.